The highest BCUT2D eigenvalue weighted by Crippen LogP contribution is 2.23. The lowest BCUT2D eigenvalue weighted by atomic mass is 10.1. The number of carbonyl (C=O) groups is 1. The summed E-state index contributed by atoms with van der Waals surface area (Å²) in [6, 6.07) is 6.59. The Morgan fingerprint density at radius 1 is 1.40 bits per heavy atom. The largest absolute Gasteiger partial charge is 0.337 e. The standard InChI is InChI=1S/C16H22N4O3S.ClH/c1-11(9-15(21)20-8-7-17-10-12(20)2)18-16-13-5-3-4-6-14(13)24(22,23)19-16;/h3-6,11-12,17H,7-10H2,1-2H3,(H,18,19);1H/t11?,12-;/m1./s1. The second-order valence-electron chi connectivity index (χ2n) is 6.27. The molecule has 9 heteroatoms. The van der Waals surface area contributed by atoms with E-state index in [1.807, 2.05) is 18.7 Å². The third-order valence-corrected chi connectivity index (χ3v) is 5.70. The first-order valence-electron chi connectivity index (χ1n) is 8.08. The fourth-order valence-corrected chi connectivity index (χ4v) is 4.32. The van der Waals surface area contributed by atoms with Gasteiger partial charge in [0.05, 0.1) is 10.9 Å². The number of aliphatic imine (C=N–C) groups is 1. The Kier molecular flexibility index (Phi) is 6.08. The Hall–Kier alpha value is -1.64. The fraction of sp³-hybridized carbons (Fsp3) is 0.500. The SMILES string of the molecule is CC(CC(=O)N1CCNC[C@H]1C)N=C1NS(=O)(=O)c2ccccc21.Cl. The molecule has 0 bridgehead atoms. The maximum Gasteiger partial charge on any atom is 0.263 e. The summed E-state index contributed by atoms with van der Waals surface area (Å²) in [4.78, 5) is 19.0. The zero-order chi connectivity index (χ0) is 17.3. The molecule has 7 nitrogen and oxygen atoms in total. The molecule has 25 heavy (non-hydrogen) atoms. The molecule has 0 spiro atoms. The van der Waals surface area contributed by atoms with Gasteiger partial charge in [0.2, 0.25) is 5.91 Å². The fourth-order valence-electron chi connectivity index (χ4n) is 3.08. The number of amidine groups is 1. The monoisotopic (exact) mass is 386 g/mol. The molecule has 0 aromatic heterocycles. The molecule has 0 saturated carbocycles. The normalized spacial score (nSPS) is 24.2. The molecule has 2 aliphatic heterocycles. The predicted molar refractivity (Wildman–Crippen MR) is 98.7 cm³/mol. The Labute approximate surface area is 154 Å². The second-order valence-corrected chi connectivity index (χ2v) is 7.92. The third-order valence-electron chi connectivity index (χ3n) is 4.30. The van der Waals surface area contributed by atoms with Crippen LogP contribution in [0.15, 0.2) is 34.2 Å². The van der Waals surface area contributed by atoms with Crippen molar-refractivity contribution in [3.05, 3.63) is 29.8 Å². The van der Waals surface area contributed by atoms with Crippen LogP contribution in [-0.2, 0) is 14.8 Å². The Balaban J connectivity index is 0.00000225. The first-order valence-corrected chi connectivity index (χ1v) is 9.57. The highest BCUT2D eigenvalue weighted by molar-refractivity contribution is 7.90. The van der Waals surface area contributed by atoms with E-state index < -0.39 is 10.0 Å². The molecule has 2 heterocycles. The van der Waals surface area contributed by atoms with E-state index in [1.165, 1.54) is 0 Å². The summed E-state index contributed by atoms with van der Waals surface area (Å²) in [7, 11) is -3.54. The van der Waals surface area contributed by atoms with Gasteiger partial charge in [0.1, 0.15) is 5.84 Å². The molecule has 1 aromatic rings. The van der Waals surface area contributed by atoms with Gasteiger partial charge in [-0.15, -0.1) is 12.4 Å². The number of benzene rings is 1. The molecule has 1 unspecified atom stereocenters. The molecule has 1 fully saturated rings. The van der Waals surface area contributed by atoms with Crippen LogP contribution in [0.5, 0.6) is 0 Å². The van der Waals surface area contributed by atoms with Gasteiger partial charge < -0.3 is 10.2 Å². The Bertz CT molecular complexity index is 781. The van der Waals surface area contributed by atoms with Crippen LogP contribution < -0.4 is 10.0 Å². The van der Waals surface area contributed by atoms with Crippen molar-refractivity contribution in [3.63, 3.8) is 0 Å². The number of hydrogen-bond acceptors (Lipinski definition) is 5. The molecule has 2 N–H and O–H groups in total. The van der Waals surface area contributed by atoms with Gasteiger partial charge in [0.15, 0.2) is 0 Å². The lowest BCUT2D eigenvalue weighted by Crippen LogP contribution is -2.52. The van der Waals surface area contributed by atoms with Gasteiger partial charge in [-0.2, -0.15) is 0 Å². The van der Waals surface area contributed by atoms with Gasteiger partial charge >= 0.3 is 0 Å². The molecular formula is C16H23ClN4O3S. The quantitative estimate of drug-likeness (QED) is 0.801. The first kappa shape index (κ1) is 19.7. The molecule has 0 aliphatic carbocycles. The van der Waals surface area contributed by atoms with Crippen molar-refractivity contribution in [2.75, 3.05) is 19.6 Å². The summed E-state index contributed by atoms with van der Waals surface area (Å²) >= 11 is 0. The van der Waals surface area contributed by atoms with Crippen LogP contribution in [0.3, 0.4) is 0 Å². The molecule has 1 amide bonds. The van der Waals surface area contributed by atoms with E-state index in [0.717, 1.165) is 13.1 Å². The van der Waals surface area contributed by atoms with E-state index in [2.05, 4.69) is 15.0 Å². The van der Waals surface area contributed by atoms with Crippen molar-refractivity contribution in [1.82, 2.24) is 14.9 Å². The van der Waals surface area contributed by atoms with E-state index in [0.29, 0.717) is 17.9 Å². The maximum absolute atomic E-state index is 12.5. The van der Waals surface area contributed by atoms with Crippen molar-refractivity contribution in [2.24, 2.45) is 4.99 Å². The lowest BCUT2D eigenvalue weighted by molar-refractivity contribution is -0.134. The van der Waals surface area contributed by atoms with Crippen LogP contribution in [0, 0.1) is 0 Å². The van der Waals surface area contributed by atoms with E-state index in [9.17, 15) is 13.2 Å². The van der Waals surface area contributed by atoms with Gasteiger partial charge in [0, 0.05) is 37.7 Å². The van der Waals surface area contributed by atoms with E-state index >= 15 is 0 Å². The summed E-state index contributed by atoms with van der Waals surface area (Å²) in [6.07, 6.45) is 0.262. The second kappa shape index (κ2) is 7.72. The average Bonchev–Trinajstić information content (AvgIpc) is 2.79. The molecule has 3 rings (SSSR count). The van der Waals surface area contributed by atoms with Crippen molar-refractivity contribution >= 4 is 34.2 Å². The van der Waals surface area contributed by atoms with Gasteiger partial charge in [-0.3, -0.25) is 14.5 Å². The summed E-state index contributed by atoms with van der Waals surface area (Å²) < 4.78 is 26.6. The number of hydrogen-bond donors (Lipinski definition) is 2. The van der Waals surface area contributed by atoms with E-state index in [4.69, 9.17) is 0 Å². The van der Waals surface area contributed by atoms with Crippen molar-refractivity contribution < 1.29 is 13.2 Å². The van der Waals surface area contributed by atoms with Crippen LogP contribution in [0.1, 0.15) is 25.8 Å². The van der Waals surface area contributed by atoms with Crippen LogP contribution in [-0.4, -0.2) is 56.8 Å². The number of piperazine rings is 1. The summed E-state index contributed by atoms with van der Waals surface area (Å²) in [5.74, 6) is 0.370. The van der Waals surface area contributed by atoms with Gasteiger partial charge in [-0.05, 0) is 26.0 Å². The van der Waals surface area contributed by atoms with E-state index in [1.54, 1.807) is 24.3 Å². The number of halogens is 1. The topological polar surface area (TPSA) is 90.9 Å². The molecule has 0 radical (unpaired) electrons. The summed E-state index contributed by atoms with van der Waals surface area (Å²) in [5, 5.41) is 3.25. The molecule has 138 valence electrons. The van der Waals surface area contributed by atoms with Gasteiger partial charge in [-0.1, -0.05) is 12.1 Å². The number of nitrogens with zero attached hydrogens (tertiary/aromatic N) is 2. The number of fused-ring (bicyclic) bond motifs is 1. The number of carbonyl (C=O) groups excluding carboxylic acids is 1. The predicted octanol–water partition coefficient (Wildman–Crippen LogP) is 0.746. The number of nitrogens with one attached hydrogen (secondary N) is 2. The van der Waals surface area contributed by atoms with Crippen LogP contribution in [0.4, 0.5) is 0 Å². The minimum absolute atomic E-state index is 0. The van der Waals surface area contributed by atoms with Crippen molar-refractivity contribution in [2.45, 2.75) is 37.2 Å². The van der Waals surface area contributed by atoms with E-state index in [-0.39, 0.29) is 41.7 Å². The molecular weight excluding hydrogens is 364 g/mol. The highest BCUT2D eigenvalue weighted by atomic mass is 35.5. The molecule has 1 saturated heterocycles. The molecule has 2 aliphatic rings. The number of amides is 1. The van der Waals surface area contributed by atoms with Crippen molar-refractivity contribution in [3.8, 4) is 0 Å². The molecule has 1 aromatic carbocycles. The third kappa shape index (κ3) is 4.13. The van der Waals surface area contributed by atoms with Crippen molar-refractivity contribution in [1.29, 1.82) is 0 Å². The zero-order valence-electron chi connectivity index (χ0n) is 14.2. The van der Waals surface area contributed by atoms with Crippen LogP contribution in [0.25, 0.3) is 0 Å². The summed E-state index contributed by atoms with van der Waals surface area (Å²) in [6.45, 7) is 6.13. The number of rotatable bonds is 3. The lowest BCUT2D eigenvalue weighted by Gasteiger charge is -2.34. The average molecular weight is 387 g/mol. The van der Waals surface area contributed by atoms with Gasteiger partial charge in [-0.25, -0.2) is 8.42 Å². The van der Waals surface area contributed by atoms with Gasteiger partial charge in [0.25, 0.3) is 10.0 Å². The smallest absolute Gasteiger partial charge is 0.263 e. The van der Waals surface area contributed by atoms with Crippen LogP contribution in [0.2, 0.25) is 0 Å². The first-order chi connectivity index (χ1) is 11.4. The summed E-state index contributed by atoms with van der Waals surface area (Å²) in [5.41, 5.74) is 0.562. The zero-order valence-corrected chi connectivity index (χ0v) is 15.9. The maximum atomic E-state index is 12.5. The Morgan fingerprint density at radius 3 is 2.84 bits per heavy atom. The minimum Gasteiger partial charge on any atom is -0.337 e. The van der Waals surface area contributed by atoms with Crippen LogP contribution >= 0.6 is 12.4 Å². The highest BCUT2D eigenvalue weighted by Gasteiger charge is 2.31. The minimum atomic E-state index is -3.54. The molecule has 2 atom stereocenters. The number of sulfonamides is 1. The Morgan fingerprint density at radius 2 is 2.12 bits per heavy atom.